The van der Waals surface area contributed by atoms with Crippen molar-refractivity contribution in [1.82, 2.24) is 5.43 Å². The lowest BCUT2D eigenvalue weighted by Crippen LogP contribution is -2.19. The lowest BCUT2D eigenvalue weighted by Gasteiger charge is -2.14. The van der Waals surface area contributed by atoms with Crippen molar-refractivity contribution in [2.24, 2.45) is 5.10 Å². The first-order valence-corrected chi connectivity index (χ1v) is 11.8. The molecule has 5 nitrogen and oxygen atoms in total. The number of rotatable bonds is 9. The summed E-state index contributed by atoms with van der Waals surface area (Å²) in [6, 6.07) is 16.8. The lowest BCUT2D eigenvalue weighted by atomic mass is 10.1. The van der Waals surface area contributed by atoms with Gasteiger partial charge >= 0.3 is 0 Å². The molecule has 3 rings (SSSR count). The number of halogens is 3. The summed E-state index contributed by atoms with van der Waals surface area (Å²) in [6.45, 7) is 2.34. The zero-order valence-corrected chi connectivity index (χ0v) is 21.3. The molecule has 0 radical (unpaired) electrons. The van der Waals surface area contributed by atoms with E-state index in [0.717, 1.165) is 23.1 Å². The van der Waals surface area contributed by atoms with Gasteiger partial charge in [-0.15, -0.1) is 0 Å². The van der Waals surface area contributed by atoms with Crippen molar-refractivity contribution in [3.05, 3.63) is 91.4 Å². The Bertz CT molecular complexity index is 1150. The first-order chi connectivity index (χ1) is 15.9. The maximum Gasteiger partial charge on any atom is 0.244 e. The summed E-state index contributed by atoms with van der Waals surface area (Å²) in [4.78, 5) is 12.2. The fraction of sp³-hybridized carbons (Fsp3) is 0.200. The van der Waals surface area contributed by atoms with E-state index in [9.17, 15) is 4.79 Å². The molecule has 0 aliphatic heterocycles. The molecule has 3 aromatic carbocycles. The number of hydrogen-bond acceptors (Lipinski definition) is 4. The Morgan fingerprint density at radius 3 is 2.48 bits per heavy atom. The minimum absolute atomic E-state index is 0.193. The molecule has 0 heterocycles. The van der Waals surface area contributed by atoms with Crippen molar-refractivity contribution in [2.75, 3.05) is 7.11 Å². The number of amides is 1. The molecular formula is C25H23BrCl2N2O3. The minimum Gasteiger partial charge on any atom is -0.493 e. The number of methoxy groups -OCH3 is 1. The molecule has 0 aromatic heterocycles. The van der Waals surface area contributed by atoms with Gasteiger partial charge in [0.1, 0.15) is 6.61 Å². The van der Waals surface area contributed by atoms with Crippen LogP contribution in [0.5, 0.6) is 11.5 Å². The van der Waals surface area contributed by atoms with Gasteiger partial charge in [-0.05, 0) is 63.3 Å². The van der Waals surface area contributed by atoms with Gasteiger partial charge in [0.25, 0.3) is 0 Å². The van der Waals surface area contributed by atoms with Gasteiger partial charge in [0.2, 0.25) is 5.91 Å². The molecule has 0 aliphatic carbocycles. The number of hydrazone groups is 1. The van der Waals surface area contributed by atoms with E-state index >= 15 is 0 Å². The molecule has 1 amide bonds. The van der Waals surface area contributed by atoms with Gasteiger partial charge in [0.05, 0.1) is 24.2 Å². The highest BCUT2D eigenvalue weighted by molar-refractivity contribution is 9.10. The van der Waals surface area contributed by atoms with Crippen molar-refractivity contribution >= 4 is 51.3 Å². The Balaban J connectivity index is 1.63. The molecule has 0 unspecified atom stereocenters. The molecule has 1 N–H and O–H groups in total. The zero-order chi connectivity index (χ0) is 23.8. The predicted molar refractivity (Wildman–Crippen MR) is 137 cm³/mol. The Morgan fingerprint density at radius 2 is 1.82 bits per heavy atom. The van der Waals surface area contributed by atoms with Crippen LogP contribution < -0.4 is 14.9 Å². The molecule has 0 atom stereocenters. The molecule has 33 heavy (non-hydrogen) atoms. The second-order valence-electron chi connectivity index (χ2n) is 7.20. The number of aryl methyl sites for hydroxylation is 1. The van der Waals surface area contributed by atoms with Gasteiger partial charge < -0.3 is 9.47 Å². The van der Waals surface area contributed by atoms with E-state index in [0.29, 0.717) is 26.0 Å². The van der Waals surface area contributed by atoms with E-state index in [1.54, 1.807) is 31.5 Å². The predicted octanol–water partition coefficient (Wildman–Crippen LogP) is 6.60. The van der Waals surface area contributed by atoms with Crippen molar-refractivity contribution in [1.29, 1.82) is 0 Å². The van der Waals surface area contributed by atoms with Crippen LogP contribution in [0, 0.1) is 0 Å². The average Bonchev–Trinajstić information content (AvgIpc) is 2.79. The molecule has 0 aliphatic rings. The number of nitrogens with zero attached hydrogens (tertiary/aromatic N) is 1. The highest BCUT2D eigenvalue weighted by Gasteiger charge is 2.13. The second kappa shape index (κ2) is 12.1. The van der Waals surface area contributed by atoms with Crippen LogP contribution in [0.15, 0.2) is 64.2 Å². The maximum atomic E-state index is 12.2. The van der Waals surface area contributed by atoms with E-state index in [4.69, 9.17) is 32.7 Å². The maximum absolute atomic E-state index is 12.2. The second-order valence-corrected chi connectivity index (χ2v) is 8.90. The number of nitrogens with one attached hydrogen (secondary N) is 1. The van der Waals surface area contributed by atoms with Crippen LogP contribution in [-0.2, 0) is 24.2 Å². The Morgan fingerprint density at radius 1 is 1.09 bits per heavy atom. The summed E-state index contributed by atoms with van der Waals surface area (Å²) < 4.78 is 12.1. The molecule has 0 bridgehead atoms. The molecule has 3 aromatic rings. The third-order valence-electron chi connectivity index (χ3n) is 4.84. The standard InChI is InChI=1S/C25H23BrCl2N2O3/c1-3-16-4-6-17(7-5-16)12-24(31)30-29-14-18-10-21(26)25(23(11-18)32-2)33-15-19-8-9-20(27)13-22(19)28/h4-11,13-14H,3,12,15H2,1-2H3,(H,30,31)/b29-14+. The Labute approximate surface area is 211 Å². The topological polar surface area (TPSA) is 59.9 Å². The highest BCUT2D eigenvalue weighted by Crippen LogP contribution is 2.37. The van der Waals surface area contributed by atoms with Gasteiger partial charge in [-0.2, -0.15) is 5.10 Å². The van der Waals surface area contributed by atoms with Crippen LogP contribution in [0.4, 0.5) is 0 Å². The van der Waals surface area contributed by atoms with Gasteiger partial charge in [0.15, 0.2) is 11.5 Å². The fourth-order valence-electron chi connectivity index (χ4n) is 3.04. The van der Waals surface area contributed by atoms with E-state index in [1.165, 1.54) is 5.56 Å². The minimum atomic E-state index is -0.193. The molecule has 0 saturated heterocycles. The number of ether oxygens (including phenoxy) is 2. The highest BCUT2D eigenvalue weighted by atomic mass is 79.9. The van der Waals surface area contributed by atoms with Crippen LogP contribution in [0.2, 0.25) is 10.0 Å². The zero-order valence-electron chi connectivity index (χ0n) is 18.2. The van der Waals surface area contributed by atoms with Crippen LogP contribution in [0.25, 0.3) is 0 Å². The molecule has 172 valence electrons. The number of carbonyl (C=O) groups excluding carboxylic acids is 1. The van der Waals surface area contributed by atoms with Crippen LogP contribution in [0.1, 0.15) is 29.2 Å². The van der Waals surface area contributed by atoms with Crippen LogP contribution in [-0.4, -0.2) is 19.2 Å². The summed E-state index contributed by atoms with van der Waals surface area (Å²) in [6.07, 6.45) is 2.77. The Hall–Kier alpha value is -2.54. The number of carbonyl (C=O) groups is 1. The summed E-state index contributed by atoms with van der Waals surface area (Å²) in [5.74, 6) is 0.847. The molecule has 0 spiro atoms. The molecule has 0 fully saturated rings. The van der Waals surface area contributed by atoms with E-state index in [-0.39, 0.29) is 18.9 Å². The van der Waals surface area contributed by atoms with Crippen molar-refractivity contribution in [3.8, 4) is 11.5 Å². The van der Waals surface area contributed by atoms with Gasteiger partial charge in [-0.1, -0.05) is 60.5 Å². The van der Waals surface area contributed by atoms with E-state index in [1.807, 2.05) is 36.4 Å². The number of hydrogen-bond donors (Lipinski definition) is 1. The third-order valence-corrected chi connectivity index (χ3v) is 6.01. The summed E-state index contributed by atoms with van der Waals surface area (Å²) in [5.41, 5.74) is 6.25. The van der Waals surface area contributed by atoms with Gasteiger partial charge in [-0.3, -0.25) is 4.79 Å². The normalized spacial score (nSPS) is 10.9. The first kappa shape index (κ1) is 25.1. The summed E-state index contributed by atoms with van der Waals surface area (Å²) in [7, 11) is 1.55. The third kappa shape index (κ3) is 7.22. The van der Waals surface area contributed by atoms with Crippen LogP contribution >= 0.6 is 39.1 Å². The molecule has 0 saturated carbocycles. The largest absolute Gasteiger partial charge is 0.493 e. The van der Waals surface area contributed by atoms with Crippen molar-refractivity contribution in [3.63, 3.8) is 0 Å². The molecular weight excluding hydrogens is 527 g/mol. The summed E-state index contributed by atoms with van der Waals surface area (Å²) in [5, 5.41) is 5.15. The first-order valence-electron chi connectivity index (χ1n) is 10.2. The fourth-order valence-corrected chi connectivity index (χ4v) is 4.08. The van der Waals surface area contributed by atoms with Gasteiger partial charge in [-0.25, -0.2) is 5.43 Å². The van der Waals surface area contributed by atoms with Crippen LogP contribution in [0.3, 0.4) is 0 Å². The lowest BCUT2D eigenvalue weighted by molar-refractivity contribution is -0.120. The molecule has 8 heteroatoms. The van der Waals surface area contributed by atoms with Crippen molar-refractivity contribution < 1.29 is 14.3 Å². The quantitative estimate of drug-likeness (QED) is 0.241. The SMILES string of the molecule is CCc1ccc(CC(=O)N/N=C/c2cc(Br)c(OCc3ccc(Cl)cc3Cl)c(OC)c2)cc1. The summed E-state index contributed by atoms with van der Waals surface area (Å²) >= 11 is 15.7. The number of benzene rings is 3. The average molecular weight is 550 g/mol. The smallest absolute Gasteiger partial charge is 0.244 e. The van der Waals surface area contributed by atoms with Gasteiger partial charge in [0, 0.05) is 15.6 Å². The van der Waals surface area contributed by atoms with Crippen molar-refractivity contribution in [2.45, 2.75) is 26.4 Å². The Kier molecular flexibility index (Phi) is 9.18. The van der Waals surface area contributed by atoms with E-state index < -0.39 is 0 Å². The van der Waals surface area contributed by atoms with E-state index in [2.05, 4.69) is 33.4 Å². The monoisotopic (exact) mass is 548 g/mol.